The van der Waals surface area contributed by atoms with Crippen molar-refractivity contribution in [1.82, 2.24) is 19.4 Å². The summed E-state index contributed by atoms with van der Waals surface area (Å²) in [7, 11) is 0. The Bertz CT molecular complexity index is 810. The van der Waals surface area contributed by atoms with Crippen LogP contribution in [0, 0.1) is 6.92 Å². The Balaban J connectivity index is 1.78. The molecule has 0 aliphatic carbocycles. The third-order valence-corrected chi connectivity index (χ3v) is 3.12. The SMILES string of the molecule is Cc1cccc2nc(CNc3nccc(C(F)(F)F)n3)cn12. The lowest BCUT2D eigenvalue weighted by molar-refractivity contribution is -0.141. The number of aryl methyl sites for hydroxylation is 1. The summed E-state index contributed by atoms with van der Waals surface area (Å²) in [6.07, 6.45) is -1.59. The molecule has 0 bridgehead atoms. The Labute approximate surface area is 123 Å². The van der Waals surface area contributed by atoms with Crippen LogP contribution in [-0.2, 0) is 12.7 Å². The smallest absolute Gasteiger partial charge is 0.348 e. The first-order valence-corrected chi connectivity index (χ1v) is 6.51. The average molecular weight is 307 g/mol. The third-order valence-electron chi connectivity index (χ3n) is 3.12. The summed E-state index contributed by atoms with van der Waals surface area (Å²) in [6, 6.07) is 6.53. The van der Waals surface area contributed by atoms with Crippen LogP contribution in [0.1, 0.15) is 17.1 Å². The predicted octanol–water partition coefficient (Wildman–Crippen LogP) is 3.06. The molecule has 1 N–H and O–H groups in total. The highest BCUT2D eigenvalue weighted by molar-refractivity contribution is 5.42. The van der Waals surface area contributed by atoms with Crippen molar-refractivity contribution >= 4 is 11.6 Å². The van der Waals surface area contributed by atoms with Crippen LogP contribution in [0.4, 0.5) is 19.1 Å². The van der Waals surface area contributed by atoms with Gasteiger partial charge >= 0.3 is 6.18 Å². The lowest BCUT2D eigenvalue weighted by Gasteiger charge is -2.07. The number of rotatable bonds is 3. The fourth-order valence-electron chi connectivity index (χ4n) is 2.06. The summed E-state index contributed by atoms with van der Waals surface area (Å²) in [5.41, 5.74) is 1.51. The molecule has 3 rings (SSSR count). The third kappa shape index (κ3) is 2.85. The quantitative estimate of drug-likeness (QED) is 0.808. The molecular formula is C14H12F3N5. The van der Waals surface area contributed by atoms with E-state index in [-0.39, 0.29) is 12.5 Å². The zero-order valence-corrected chi connectivity index (χ0v) is 11.6. The van der Waals surface area contributed by atoms with Crippen molar-refractivity contribution in [3.63, 3.8) is 0 Å². The molecule has 0 unspecified atom stereocenters. The van der Waals surface area contributed by atoms with Gasteiger partial charge in [0, 0.05) is 18.1 Å². The minimum atomic E-state index is -4.49. The van der Waals surface area contributed by atoms with Gasteiger partial charge in [-0.2, -0.15) is 13.2 Å². The maximum absolute atomic E-state index is 12.6. The molecule has 0 aliphatic rings. The summed E-state index contributed by atoms with van der Waals surface area (Å²) in [6.45, 7) is 2.18. The molecule has 3 aromatic heterocycles. The molecule has 3 heterocycles. The highest BCUT2D eigenvalue weighted by atomic mass is 19.4. The molecule has 0 aliphatic heterocycles. The Morgan fingerprint density at radius 1 is 1.18 bits per heavy atom. The van der Waals surface area contributed by atoms with E-state index in [1.807, 2.05) is 35.7 Å². The average Bonchev–Trinajstić information content (AvgIpc) is 2.89. The van der Waals surface area contributed by atoms with Gasteiger partial charge in [-0.25, -0.2) is 15.0 Å². The molecule has 0 radical (unpaired) electrons. The van der Waals surface area contributed by atoms with Gasteiger partial charge in [0.25, 0.3) is 0 Å². The van der Waals surface area contributed by atoms with E-state index in [0.29, 0.717) is 5.69 Å². The van der Waals surface area contributed by atoms with E-state index in [1.54, 1.807) is 0 Å². The molecule has 8 heteroatoms. The normalized spacial score (nSPS) is 11.8. The van der Waals surface area contributed by atoms with Crippen LogP contribution in [0.25, 0.3) is 5.65 Å². The molecule has 114 valence electrons. The summed E-state index contributed by atoms with van der Waals surface area (Å²) in [5.74, 6) is -0.0800. The second kappa shape index (κ2) is 5.28. The lowest BCUT2D eigenvalue weighted by Crippen LogP contribution is -2.11. The molecule has 0 amide bonds. The highest BCUT2D eigenvalue weighted by Crippen LogP contribution is 2.27. The minimum absolute atomic E-state index is 0.0800. The molecule has 0 aromatic carbocycles. The number of aromatic nitrogens is 4. The van der Waals surface area contributed by atoms with Crippen molar-refractivity contribution in [2.45, 2.75) is 19.6 Å². The van der Waals surface area contributed by atoms with Crippen LogP contribution >= 0.6 is 0 Å². The maximum Gasteiger partial charge on any atom is 0.433 e. The van der Waals surface area contributed by atoms with E-state index in [2.05, 4.69) is 20.3 Å². The Hall–Kier alpha value is -2.64. The van der Waals surface area contributed by atoms with Crippen LogP contribution in [-0.4, -0.2) is 19.4 Å². The van der Waals surface area contributed by atoms with Crippen molar-refractivity contribution in [2.75, 3.05) is 5.32 Å². The van der Waals surface area contributed by atoms with Gasteiger partial charge in [-0.15, -0.1) is 0 Å². The summed E-state index contributed by atoms with van der Waals surface area (Å²) >= 11 is 0. The molecule has 0 saturated carbocycles. The van der Waals surface area contributed by atoms with Gasteiger partial charge in [0.1, 0.15) is 11.3 Å². The number of halogens is 3. The zero-order chi connectivity index (χ0) is 15.7. The fourth-order valence-corrected chi connectivity index (χ4v) is 2.06. The molecule has 0 atom stereocenters. The largest absolute Gasteiger partial charge is 0.433 e. The van der Waals surface area contributed by atoms with Crippen LogP contribution in [0.15, 0.2) is 36.7 Å². The number of nitrogens with one attached hydrogen (secondary N) is 1. The number of alkyl halides is 3. The van der Waals surface area contributed by atoms with E-state index in [0.717, 1.165) is 23.6 Å². The number of fused-ring (bicyclic) bond motifs is 1. The van der Waals surface area contributed by atoms with Crippen molar-refractivity contribution in [2.24, 2.45) is 0 Å². The van der Waals surface area contributed by atoms with Gasteiger partial charge in [0.05, 0.1) is 12.2 Å². The number of nitrogens with zero attached hydrogens (tertiary/aromatic N) is 4. The number of pyridine rings is 1. The lowest BCUT2D eigenvalue weighted by atomic mass is 10.4. The number of anilines is 1. The summed E-state index contributed by atoms with van der Waals surface area (Å²) < 4.78 is 39.7. The molecule has 22 heavy (non-hydrogen) atoms. The first-order chi connectivity index (χ1) is 10.4. The van der Waals surface area contributed by atoms with Gasteiger partial charge in [-0.05, 0) is 25.1 Å². The maximum atomic E-state index is 12.6. The molecule has 0 spiro atoms. The van der Waals surface area contributed by atoms with Crippen LogP contribution in [0.2, 0.25) is 0 Å². The molecule has 5 nitrogen and oxygen atoms in total. The van der Waals surface area contributed by atoms with Gasteiger partial charge in [-0.1, -0.05) is 6.07 Å². The van der Waals surface area contributed by atoms with Crippen molar-refractivity contribution in [1.29, 1.82) is 0 Å². The summed E-state index contributed by atoms with van der Waals surface area (Å²) in [4.78, 5) is 11.6. The molecular weight excluding hydrogens is 295 g/mol. The number of imidazole rings is 1. The zero-order valence-electron chi connectivity index (χ0n) is 11.6. The van der Waals surface area contributed by atoms with Crippen molar-refractivity contribution in [3.05, 3.63) is 53.7 Å². The van der Waals surface area contributed by atoms with E-state index in [4.69, 9.17) is 0 Å². The monoisotopic (exact) mass is 307 g/mol. The Morgan fingerprint density at radius 3 is 2.73 bits per heavy atom. The van der Waals surface area contributed by atoms with Crippen molar-refractivity contribution in [3.8, 4) is 0 Å². The second-order valence-electron chi connectivity index (χ2n) is 4.74. The van der Waals surface area contributed by atoms with Crippen LogP contribution < -0.4 is 5.32 Å². The van der Waals surface area contributed by atoms with E-state index in [1.165, 1.54) is 0 Å². The highest BCUT2D eigenvalue weighted by Gasteiger charge is 2.32. The fraction of sp³-hybridized carbons (Fsp3) is 0.214. The molecule has 0 saturated heterocycles. The van der Waals surface area contributed by atoms with Gasteiger partial charge in [0.15, 0.2) is 0 Å². The first kappa shape index (κ1) is 14.3. The van der Waals surface area contributed by atoms with Gasteiger partial charge in [0.2, 0.25) is 5.95 Å². The standard InChI is InChI=1S/C14H12F3N5/c1-9-3-2-4-12-20-10(8-22(9)12)7-19-13-18-6-5-11(21-13)14(15,16)17/h2-6,8H,7H2,1H3,(H,18,19,21). The second-order valence-corrected chi connectivity index (χ2v) is 4.74. The number of hydrogen-bond donors (Lipinski definition) is 1. The van der Waals surface area contributed by atoms with E-state index >= 15 is 0 Å². The molecule has 3 aromatic rings. The van der Waals surface area contributed by atoms with Crippen LogP contribution in [0.5, 0.6) is 0 Å². The van der Waals surface area contributed by atoms with Gasteiger partial charge < -0.3 is 9.72 Å². The van der Waals surface area contributed by atoms with E-state index in [9.17, 15) is 13.2 Å². The first-order valence-electron chi connectivity index (χ1n) is 6.51. The topological polar surface area (TPSA) is 55.1 Å². The van der Waals surface area contributed by atoms with E-state index < -0.39 is 11.9 Å². The summed E-state index contributed by atoms with van der Waals surface area (Å²) in [5, 5.41) is 2.76. The van der Waals surface area contributed by atoms with Crippen molar-refractivity contribution < 1.29 is 13.2 Å². The van der Waals surface area contributed by atoms with Gasteiger partial charge in [-0.3, -0.25) is 0 Å². The predicted molar refractivity (Wildman–Crippen MR) is 74.3 cm³/mol. The Kier molecular flexibility index (Phi) is 3.44. The minimum Gasteiger partial charge on any atom is -0.348 e. The van der Waals surface area contributed by atoms with Crippen LogP contribution in [0.3, 0.4) is 0 Å². The number of hydrogen-bond acceptors (Lipinski definition) is 4. The Morgan fingerprint density at radius 2 is 2.00 bits per heavy atom. The molecule has 0 fully saturated rings.